The number of carbonyl (C=O) groups is 2. The summed E-state index contributed by atoms with van der Waals surface area (Å²) in [7, 11) is -2.59. The van der Waals surface area contributed by atoms with Gasteiger partial charge in [-0.25, -0.2) is 15.2 Å². The van der Waals surface area contributed by atoms with Crippen molar-refractivity contribution in [2.75, 3.05) is 40.0 Å². The van der Waals surface area contributed by atoms with Gasteiger partial charge in [0.1, 0.15) is 54.1 Å². The third kappa shape index (κ3) is 5.84. The molecule has 2 fully saturated rings. The van der Waals surface area contributed by atoms with Gasteiger partial charge >= 0.3 is 19.6 Å². The van der Waals surface area contributed by atoms with Crippen molar-refractivity contribution >= 4 is 25.5 Å². The number of carbonyl (C=O) groups excluding carboxylic acids is 2. The summed E-state index contributed by atoms with van der Waals surface area (Å²) in [5, 5.41) is 27.8. The van der Waals surface area contributed by atoms with Gasteiger partial charge in [0.15, 0.2) is 0 Å². The predicted molar refractivity (Wildman–Crippen MR) is 147 cm³/mol. The van der Waals surface area contributed by atoms with Crippen molar-refractivity contribution in [1.82, 2.24) is 19.7 Å². The molecule has 0 amide bonds. The highest BCUT2D eigenvalue weighted by molar-refractivity contribution is 7.54. The molecule has 1 saturated carbocycles. The third-order valence-corrected chi connectivity index (χ3v) is 9.29. The minimum absolute atomic E-state index is 0.0895. The second-order valence-corrected chi connectivity index (χ2v) is 12.3. The summed E-state index contributed by atoms with van der Waals surface area (Å²) >= 11 is 0. The molecule has 0 bridgehead atoms. The Morgan fingerprint density at radius 1 is 1.24 bits per heavy atom. The number of fused-ring (bicyclic) bond motifs is 2. The number of allylic oxidation sites excluding steroid dienone is 1. The minimum atomic E-state index is -4.05. The lowest BCUT2D eigenvalue weighted by molar-refractivity contribution is -0.142. The van der Waals surface area contributed by atoms with E-state index in [4.69, 9.17) is 29.2 Å². The highest BCUT2D eigenvalue weighted by Crippen LogP contribution is 2.68. The molecule has 17 heteroatoms. The van der Waals surface area contributed by atoms with Crippen molar-refractivity contribution in [3.8, 4) is 0 Å². The fourth-order valence-corrected chi connectivity index (χ4v) is 6.87. The number of nitrogens with two attached hydrogens (primary N) is 1. The van der Waals surface area contributed by atoms with Crippen LogP contribution in [0.4, 0.5) is 0 Å². The van der Waals surface area contributed by atoms with Gasteiger partial charge in [0.25, 0.3) is 0 Å². The first-order chi connectivity index (χ1) is 19.8. The topological polar surface area (TPSA) is 218 Å². The van der Waals surface area contributed by atoms with Gasteiger partial charge in [0.05, 0.1) is 39.0 Å². The van der Waals surface area contributed by atoms with Crippen LogP contribution in [-0.2, 0) is 37.6 Å². The monoisotopic (exact) mass is 614 g/mol. The number of aliphatic imine (C=N–C) groups is 1. The highest BCUT2D eigenvalue weighted by atomic mass is 31.2. The van der Waals surface area contributed by atoms with Crippen molar-refractivity contribution in [2.24, 2.45) is 10.7 Å². The summed E-state index contributed by atoms with van der Waals surface area (Å²) in [6.07, 6.45) is 1.32. The molecule has 1 aromatic heterocycles. The smallest absolute Gasteiger partial charge is 0.341 e. The quantitative estimate of drug-likeness (QED) is 0.152. The molecular formula is C25H39N6O10P. The number of hydrogen-bond acceptors (Lipinski definition) is 13. The summed E-state index contributed by atoms with van der Waals surface area (Å²) in [5.41, 5.74) is 4.16. The van der Waals surface area contributed by atoms with E-state index in [1.54, 1.807) is 31.4 Å². The number of nitrogens with zero attached hydrogens (tertiary/aromatic N) is 3. The Labute approximate surface area is 243 Å². The van der Waals surface area contributed by atoms with Crippen molar-refractivity contribution < 1.29 is 47.8 Å². The van der Waals surface area contributed by atoms with Crippen LogP contribution >= 0.6 is 7.67 Å². The van der Waals surface area contributed by atoms with Gasteiger partial charge in [0, 0.05) is 5.92 Å². The number of nitrogens with one attached hydrogen (secondary N) is 2. The molecule has 6 N–H and O–H groups in total. The van der Waals surface area contributed by atoms with Crippen LogP contribution in [0.2, 0.25) is 0 Å². The number of aliphatic hydroxyl groups is 2. The van der Waals surface area contributed by atoms with E-state index in [1.165, 1.54) is 13.4 Å². The molecule has 16 nitrogen and oxygen atoms in total. The van der Waals surface area contributed by atoms with Crippen LogP contribution in [0.15, 0.2) is 23.2 Å². The standard InChI is InChI=1S/C25H39N6O10P/c1-6-38-17(32)10-28-42(36,29-11-18(33)39-7-2)40-12-15-21(34)25(35)23(24(25,4)41-15)31-13-27-19-20(31)14(3)8-9-16(26)30-22(19)37-5/h9,13-15,21,23,34-35H,6-8,10-12,26H2,1-5H3,(H2,28,29,36)/b16-9+,30-22?/t14?,15-,21?,23-,24?,25?/m1/s1. The van der Waals surface area contributed by atoms with Gasteiger partial charge in [-0.2, -0.15) is 4.99 Å². The molecule has 0 aromatic carbocycles. The fraction of sp³-hybridized carbons (Fsp3) is 0.680. The van der Waals surface area contributed by atoms with Crippen LogP contribution in [0.5, 0.6) is 0 Å². The van der Waals surface area contributed by atoms with Crippen LogP contribution in [0.1, 0.15) is 57.5 Å². The van der Waals surface area contributed by atoms with Gasteiger partial charge in [0.2, 0.25) is 5.90 Å². The summed E-state index contributed by atoms with van der Waals surface area (Å²) < 4.78 is 42.0. The van der Waals surface area contributed by atoms with Crippen LogP contribution in [0.3, 0.4) is 0 Å². The molecule has 42 heavy (non-hydrogen) atoms. The second-order valence-electron chi connectivity index (χ2n) is 10.3. The molecule has 4 unspecified atom stereocenters. The van der Waals surface area contributed by atoms with Crippen LogP contribution < -0.4 is 15.9 Å². The van der Waals surface area contributed by atoms with Crippen molar-refractivity contribution in [3.63, 3.8) is 0 Å². The lowest BCUT2D eigenvalue weighted by Crippen LogP contribution is -2.41. The number of rotatable bonds is 12. The highest BCUT2D eigenvalue weighted by Gasteiger charge is 2.85. The van der Waals surface area contributed by atoms with E-state index in [0.29, 0.717) is 17.9 Å². The molecule has 2 aliphatic heterocycles. The van der Waals surface area contributed by atoms with E-state index in [1.807, 2.05) is 6.92 Å². The molecule has 3 aliphatic rings. The zero-order chi connectivity index (χ0) is 30.9. The van der Waals surface area contributed by atoms with E-state index in [9.17, 15) is 24.4 Å². The number of hydrogen-bond donors (Lipinski definition) is 5. The van der Waals surface area contributed by atoms with Gasteiger partial charge in [-0.1, -0.05) is 6.92 Å². The molecule has 1 saturated heterocycles. The number of esters is 2. The molecule has 1 aromatic rings. The van der Waals surface area contributed by atoms with Crippen LogP contribution in [0, 0.1) is 0 Å². The maximum absolute atomic E-state index is 13.4. The second kappa shape index (κ2) is 12.4. The predicted octanol–water partition coefficient (Wildman–Crippen LogP) is -0.182. The molecule has 4 rings (SSSR count). The van der Waals surface area contributed by atoms with Crippen molar-refractivity contribution in [1.29, 1.82) is 0 Å². The zero-order valence-corrected chi connectivity index (χ0v) is 25.1. The Hall–Kier alpha value is -2.85. The fourth-order valence-electron chi connectivity index (χ4n) is 5.54. The summed E-state index contributed by atoms with van der Waals surface area (Å²) in [6.45, 7) is 5.71. The normalized spacial score (nSPS) is 31.5. The number of methoxy groups -OCH3 is 1. The molecule has 6 atom stereocenters. The van der Waals surface area contributed by atoms with Gasteiger partial charge in [-0.3, -0.25) is 14.2 Å². The van der Waals surface area contributed by atoms with Gasteiger partial charge in [-0.05, 0) is 33.3 Å². The Bertz CT molecular complexity index is 1280. The minimum Gasteiger partial charge on any atom is -0.479 e. The van der Waals surface area contributed by atoms with E-state index >= 15 is 0 Å². The number of aromatic nitrogens is 2. The molecule has 1 aliphatic carbocycles. The Morgan fingerprint density at radius 3 is 2.38 bits per heavy atom. The average Bonchev–Trinajstić information content (AvgIpc) is 3.18. The van der Waals surface area contributed by atoms with Crippen LogP contribution in [0.25, 0.3) is 0 Å². The SMILES string of the molecule is CCOC(=O)CNP(=O)(NCC(=O)OCC)OC[C@H]1OC2(C)[C@@H](n3cnc4c3C(C)C/C=C(\N)N=C4OC)C2(O)C1O. The molecule has 234 valence electrons. The maximum Gasteiger partial charge on any atom is 0.341 e. The summed E-state index contributed by atoms with van der Waals surface area (Å²) in [6, 6.07) is -0.718. The lowest BCUT2D eigenvalue weighted by atomic mass is 9.99. The Kier molecular flexibility index (Phi) is 9.47. The van der Waals surface area contributed by atoms with E-state index in [2.05, 4.69) is 20.2 Å². The largest absolute Gasteiger partial charge is 0.479 e. The first kappa shape index (κ1) is 32.1. The van der Waals surface area contributed by atoms with E-state index in [-0.39, 0.29) is 25.0 Å². The van der Waals surface area contributed by atoms with Crippen LogP contribution in [-0.4, -0.2) is 101 Å². The molecule has 0 spiro atoms. The van der Waals surface area contributed by atoms with Crippen molar-refractivity contribution in [2.45, 2.75) is 69.5 Å². The summed E-state index contributed by atoms with van der Waals surface area (Å²) in [4.78, 5) is 32.4. The van der Waals surface area contributed by atoms with Gasteiger partial charge < -0.3 is 44.0 Å². The first-order valence-corrected chi connectivity index (χ1v) is 15.3. The Balaban J connectivity index is 1.50. The number of ether oxygens (including phenoxy) is 4. The third-order valence-electron chi connectivity index (χ3n) is 7.63. The zero-order valence-electron chi connectivity index (χ0n) is 24.2. The molecular weight excluding hydrogens is 575 g/mol. The first-order valence-electron chi connectivity index (χ1n) is 13.6. The van der Waals surface area contributed by atoms with E-state index in [0.717, 1.165) is 5.69 Å². The van der Waals surface area contributed by atoms with E-state index < -0.39 is 68.8 Å². The Morgan fingerprint density at radius 2 is 1.86 bits per heavy atom. The maximum atomic E-state index is 13.4. The average molecular weight is 615 g/mol. The van der Waals surface area contributed by atoms with Gasteiger partial charge in [-0.15, -0.1) is 0 Å². The lowest BCUT2D eigenvalue weighted by Gasteiger charge is -2.27. The van der Waals surface area contributed by atoms with Crippen molar-refractivity contribution in [3.05, 3.63) is 29.6 Å². The number of imidazole rings is 1. The molecule has 3 heterocycles. The number of aliphatic hydroxyl groups excluding tert-OH is 1. The summed E-state index contributed by atoms with van der Waals surface area (Å²) in [5.74, 6) is -0.937. The molecule has 0 radical (unpaired) electrons.